The van der Waals surface area contributed by atoms with Gasteiger partial charge in [-0.25, -0.2) is 4.98 Å². The van der Waals surface area contributed by atoms with E-state index >= 15 is 0 Å². The number of pyridine rings is 1. The van der Waals surface area contributed by atoms with Crippen LogP contribution in [0.5, 0.6) is 11.6 Å². The highest BCUT2D eigenvalue weighted by molar-refractivity contribution is 6.74. The third-order valence-electron chi connectivity index (χ3n) is 9.20. The SMILES string of the molecule is CCCCOc1c(O)nc(CC2(c3ccccn3)CCCC2)nc1C(=O)N(CCO[Si](C)(C)C(C)(C)C)CC1CC1. The molecular formula is C32H50N4O4Si. The smallest absolute Gasteiger partial charge is 0.276 e. The summed E-state index contributed by atoms with van der Waals surface area (Å²) in [5.74, 6) is 0.575. The molecule has 0 bridgehead atoms. The second-order valence-electron chi connectivity index (χ2n) is 13.5. The zero-order valence-electron chi connectivity index (χ0n) is 26.0. The van der Waals surface area contributed by atoms with Crippen LogP contribution < -0.4 is 4.74 Å². The highest BCUT2D eigenvalue weighted by Crippen LogP contribution is 2.43. The lowest BCUT2D eigenvalue weighted by molar-refractivity contribution is 0.0703. The largest absolute Gasteiger partial charge is 0.491 e. The number of carbonyl (C=O) groups excluding carboxylic acids is 1. The van der Waals surface area contributed by atoms with Crippen LogP contribution in [-0.4, -0.2) is 65.5 Å². The maximum atomic E-state index is 14.2. The van der Waals surface area contributed by atoms with Crippen molar-refractivity contribution in [3.05, 3.63) is 41.6 Å². The van der Waals surface area contributed by atoms with E-state index in [1.165, 1.54) is 0 Å². The predicted molar refractivity (Wildman–Crippen MR) is 164 cm³/mol. The van der Waals surface area contributed by atoms with Crippen LogP contribution in [0.2, 0.25) is 18.1 Å². The van der Waals surface area contributed by atoms with Crippen LogP contribution >= 0.6 is 0 Å². The lowest BCUT2D eigenvalue weighted by Gasteiger charge is -2.37. The van der Waals surface area contributed by atoms with Gasteiger partial charge in [0.2, 0.25) is 5.75 Å². The number of ether oxygens (including phenoxy) is 1. The molecule has 226 valence electrons. The van der Waals surface area contributed by atoms with Gasteiger partial charge in [-0.15, -0.1) is 0 Å². The summed E-state index contributed by atoms with van der Waals surface area (Å²) in [5, 5.41) is 11.2. The first-order chi connectivity index (χ1) is 19.5. The van der Waals surface area contributed by atoms with Crippen molar-refractivity contribution in [3.63, 3.8) is 0 Å². The van der Waals surface area contributed by atoms with Gasteiger partial charge in [-0.2, -0.15) is 4.98 Å². The van der Waals surface area contributed by atoms with E-state index in [0.717, 1.165) is 57.1 Å². The van der Waals surface area contributed by atoms with Gasteiger partial charge in [0.1, 0.15) is 5.82 Å². The highest BCUT2D eigenvalue weighted by atomic mass is 28.4. The summed E-state index contributed by atoms with van der Waals surface area (Å²) in [6.45, 7) is 15.2. The summed E-state index contributed by atoms with van der Waals surface area (Å²) in [4.78, 5) is 30.1. The Labute approximate surface area is 247 Å². The summed E-state index contributed by atoms with van der Waals surface area (Å²) in [6.07, 6.45) is 10.5. The maximum absolute atomic E-state index is 14.2. The van der Waals surface area contributed by atoms with Gasteiger partial charge >= 0.3 is 0 Å². The van der Waals surface area contributed by atoms with Crippen LogP contribution in [0, 0.1) is 5.92 Å². The van der Waals surface area contributed by atoms with Crippen molar-refractivity contribution in [2.75, 3.05) is 26.3 Å². The summed E-state index contributed by atoms with van der Waals surface area (Å²) < 4.78 is 12.4. The fraction of sp³-hybridized carbons (Fsp3) is 0.688. The average molecular weight is 583 g/mol. The van der Waals surface area contributed by atoms with E-state index in [-0.39, 0.29) is 33.7 Å². The molecule has 2 aromatic rings. The summed E-state index contributed by atoms with van der Waals surface area (Å²) in [5.41, 5.74) is 0.976. The Bertz CT molecular complexity index is 1160. The van der Waals surface area contributed by atoms with Crippen molar-refractivity contribution in [1.82, 2.24) is 19.9 Å². The van der Waals surface area contributed by atoms with E-state index in [1.807, 2.05) is 23.2 Å². The minimum absolute atomic E-state index is 0.0930. The van der Waals surface area contributed by atoms with Crippen molar-refractivity contribution in [3.8, 4) is 11.6 Å². The maximum Gasteiger partial charge on any atom is 0.276 e. The van der Waals surface area contributed by atoms with Gasteiger partial charge in [-0.05, 0) is 68.3 Å². The van der Waals surface area contributed by atoms with Gasteiger partial charge in [0.05, 0.1) is 13.2 Å². The number of amides is 1. The van der Waals surface area contributed by atoms with Gasteiger partial charge in [0.15, 0.2) is 14.0 Å². The second-order valence-corrected chi connectivity index (χ2v) is 18.3. The third-order valence-corrected chi connectivity index (χ3v) is 13.7. The molecule has 9 heteroatoms. The topological polar surface area (TPSA) is 97.7 Å². The molecule has 0 atom stereocenters. The Morgan fingerprint density at radius 3 is 2.49 bits per heavy atom. The van der Waals surface area contributed by atoms with E-state index in [0.29, 0.717) is 44.5 Å². The molecule has 2 aliphatic rings. The monoisotopic (exact) mass is 582 g/mol. The van der Waals surface area contributed by atoms with Crippen LogP contribution in [0.25, 0.3) is 0 Å². The molecule has 0 aromatic carbocycles. The number of carbonyl (C=O) groups is 1. The Balaban J connectivity index is 1.63. The Morgan fingerprint density at radius 2 is 1.88 bits per heavy atom. The highest BCUT2D eigenvalue weighted by Gasteiger charge is 2.40. The van der Waals surface area contributed by atoms with Crippen molar-refractivity contribution in [1.29, 1.82) is 0 Å². The normalized spacial score (nSPS) is 17.0. The standard InChI is InChI=1S/C32H50N4O4Si/c1-7-8-20-39-28-27(30(38)36(23-24-14-15-24)19-21-40-41(5,6)31(2,3)4)34-26(35-29(28)37)22-32(16-10-11-17-32)25-13-9-12-18-33-25/h9,12-13,18,24H,7-8,10-11,14-17,19-23H2,1-6H3,(H,34,35,37). The average Bonchev–Trinajstić information content (AvgIpc) is 3.62. The Kier molecular flexibility index (Phi) is 10.1. The number of hydrogen-bond donors (Lipinski definition) is 1. The first-order valence-electron chi connectivity index (χ1n) is 15.5. The number of hydrogen-bond acceptors (Lipinski definition) is 7. The minimum Gasteiger partial charge on any atom is -0.491 e. The molecule has 0 unspecified atom stereocenters. The number of unbranched alkanes of at least 4 members (excludes halogenated alkanes) is 1. The lowest BCUT2D eigenvalue weighted by Crippen LogP contribution is -2.44. The molecule has 41 heavy (non-hydrogen) atoms. The fourth-order valence-corrected chi connectivity index (χ4v) is 6.41. The van der Waals surface area contributed by atoms with Crippen molar-refractivity contribution in [2.45, 2.75) is 109 Å². The number of nitrogens with zero attached hydrogens (tertiary/aromatic N) is 4. The molecule has 2 heterocycles. The zero-order chi connectivity index (χ0) is 29.7. The van der Waals surface area contributed by atoms with Crippen molar-refractivity contribution >= 4 is 14.2 Å². The zero-order valence-corrected chi connectivity index (χ0v) is 27.0. The fourth-order valence-electron chi connectivity index (χ4n) is 5.38. The molecule has 0 radical (unpaired) electrons. The molecule has 4 rings (SSSR count). The van der Waals surface area contributed by atoms with Crippen molar-refractivity contribution < 1.29 is 19.1 Å². The van der Waals surface area contributed by atoms with E-state index in [9.17, 15) is 9.90 Å². The third kappa shape index (κ3) is 7.86. The van der Waals surface area contributed by atoms with Crippen LogP contribution in [-0.2, 0) is 16.3 Å². The van der Waals surface area contributed by atoms with E-state index in [2.05, 4.69) is 56.8 Å². The van der Waals surface area contributed by atoms with E-state index < -0.39 is 8.32 Å². The molecule has 1 amide bonds. The quantitative estimate of drug-likeness (QED) is 0.196. The Morgan fingerprint density at radius 1 is 1.15 bits per heavy atom. The molecular weight excluding hydrogens is 532 g/mol. The van der Waals surface area contributed by atoms with Gasteiger partial charge in [0, 0.05) is 36.8 Å². The van der Waals surface area contributed by atoms with Crippen LogP contribution in [0.3, 0.4) is 0 Å². The predicted octanol–water partition coefficient (Wildman–Crippen LogP) is 6.68. The molecule has 8 nitrogen and oxygen atoms in total. The van der Waals surface area contributed by atoms with Crippen LogP contribution in [0.1, 0.15) is 101 Å². The van der Waals surface area contributed by atoms with Crippen molar-refractivity contribution in [2.24, 2.45) is 5.92 Å². The van der Waals surface area contributed by atoms with Gasteiger partial charge < -0.3 is 19.2 Å². The van der Waals surface area contributed by atoms with Gasteiger partial charge in [0.25, 0.3) is 11.8 Å². The van der Waals surface area contributed by atoms with Crippen LogP contribution in [0.15, 0.2) is 24.4 Å². The summed E-state index contributed by atoms with van der Waals surface area (Å²) in [6, 6.07) is 6.01. The summed E-state index contributed by atoms with van der Waals surface area (Å²) >= 11 is 0. The van der Waals surface area contributed by atoms with Crippen LogP contribution in [0.4, 0.5) is 0 Å². The van der Waals surface area contributed by atoms with Gasteiger partial charge in [-0.3, -0.25) is 9.78 Å². The molecule has 1 N–H and O–H groups in total. The minimum atomic E-state index is -1.96. The molecule has 0 spiro atoms. The number of aromatic hydroxyl groups is 1. The van der Waals surface area contributed by atoms with E-state index in [4.69, 9.17) is 14.1 Å². The first kappa shape index (κ1) is 31.4. The molecule has 2 aliphatic carbocycles. The number of rotatable bonds is 14. The second kappa shape index (κ2) is 13.2. The molecule has 0 saturated heterocycles. The molecule has 2 saturated carbocycles. The molecule has 0 aliphatic heterocycles. The Hall–Kier alpha value is -2.52. The first-order valence-corrected chi connectivity index (χ1v) is 18.4. The summed E-state index contributed by atoms with van der Waals surface area (Å²) in [7, 11) is -1.96. The molecule has 2 fully saturated rings. The van der Waals surface area contributed by atoms with Gasteiger partial charge in [-0.1, -0.05) is 53.0 Å². The number of aromatic nitrogens is 3. The molecule has 2 aromatic heterocycles. The lowest BCUT2D eigenvalue weighted by atomic mass is 9.79. The van der Waals surface area contributed by atoms with E-state index in [1.54, 1.807) is 0 Å².